The first-order chi connectivity index (χ1) is 6.86. The second-order valence-electron chi connectivity index (χ2n) is 3.63. The first kappa shape index (κ1) is 8.50. The first-order valence-electron chi connectivity index (χ1n) is 4.83. The van der Waals surface area contributed by atoms with Crippen LogP contribution in [0, 0.1) is 0 Å². The number of rotatable bonds is 0. The normalized spacial score (nSPS) is 21.1. The van der Waals surface area contributed by atoms with Crippen LogP contribution in [0.25, 0.3) is 10.9 Å². The summed E-state index contributed by atoms with van der Waals surface area (Å²) in [4.78, 5) is 3.73. The molecule has 0 radical (unpaired) electrons. The van der Waals surface area contributed by atoms with E-state index in [0.29, 0.717) is 0 Å². The Morgan fingerprint density at radius 2 is 2.14 bits per heavy atom. The summed E-state index contributed by atoms with van der Waals surface area (Å²) in [6, 6.07) is 8.49. The van der Waals surface area contributed by atoms with Crippen molar-refractivity contribution < 1.29 is 0 Å². The lowest BCUT2D eigenvalue weighted by atomic mass is 10.1. The van der Waals surface area contributed by atoms with Crippen molar-refractivity contribution in [2.75, 3.05) is 6.54 Å². The fraction of sp³-hybridized carbons (Fsp3) is 0.273. The highest BCUT2D eigenvalue weighted by Crippen LogP contribution is 2.32. The standard InChI is InChI=1S/C11H11BrN2/c12-11-10-8(5-6-13-11)7-3-1-2-4-9(7)14-10/h1-4,11,13-14H,5-6H2. The maximum Gasteiger partial charge on any atom is 0.104 e. The van der Waals surface area contributed by atoms with Gasteiger partial charge >= 0.3 is 0 Å². The molecular weight excluding hydrogens is 240 g/mol. The van der Waals surface area contributed by atoms with Crippen molar-refractivity contribution >= 4 is 26.8 Å². The lowest BCUT2D eigenvalue weighted by Crippen LogP contribution is -2.25. The summed E-state index contributed by atoms with van der Waals surface area (Å²) < 4.78 is 0. The van der Waals surface area contributed by atoms with Gasteiger partial charge in [0.25, 0.3) is 0 Å². The van der Waals surface area contributed by atoms with Gasteiger partial charge in [-0.15, -0.1) is 0 Å². The fourth-order valence-corrected chi connectivity index (χ4v) is 2.75. The number of nitrogens with one attached hydrogen (secondary N) is 2. The minimum Gasteiger partial charge on any atom is -0.356 e. The summed E-state index contributed by atoms with van der Waals surface area (Å²) in [5.74, 6) is 0. The Hall–Kier alpha value is -0.800. The number of hydrogen-bond acceptors (Lipinski definition) is 1. The number of para-hydroxylation sites is 1. The zero-order valence-corrected chi connectivity index (χ0v) is 9.26. The molecule has 2 nitrogen and oxygen atoms in total. The van der Waals surface area contributed by atoms with Crippen molar-refractivity contribution in [3.63, 3.8) is 0 Å². The van der Waals surface area contributed by atoms with Crippen LogP contribution in [0.1, 0.15) is 16.2 Å². The molecule has 2 N–H and O–H groups in total. The first-order valence-corrected chi connectivity index (χ1v) is 5.75. The predicted octanol–water partition coefficient (Wildman–Crippen LogP) is 2.71. The zero-order valence-electron chi connectivity index (χ0n) is 7.68. The van der Waals surface area contributed by atoms with E-state index in [1.807, 2.05) is 0 Å². The maximum atomic E-state index is 3.62. The number of halogens is 1. The fourth-order valence-electron chi connectivity index (χ4n) is 2.13. The number of aromatic amines is 1. The third-order valence-corrected chi connectivity index (χ3v) is 3.58. The van der Waals surface area contributed by atoms with E-state index in [1.54, 1.807) is 0 Å². The molecule has 1 aromatic carbocycles. The van der Waals surface area contributed by atoms with Gasteiger partial charge < -0.3 is 4.98 Å². The molecule has 3 rings (SSSR count). The van der Waals surface area contributed by atoms with E-state index in [0.717, 1.165) is 13.0 Å². The molecule has 2 aromatic rings. The summed E-state index contributed by atoms with van der Waals surface area (Å²) in [6.45, 7) is 1.05. The minimum atomic E-state index is 0.277. The van der Waals surface area contributed by atoms with Gasteiger partial charge in [-0.1, -0.05) is 34.1 Å². The molecule has 0 spiro atoms. The van der Waals surface area contributed by atoms with Gasteiger partial charge in [-0.05, 0) is 18.1 Å². The second-order valence-corrected chi connectivity index (χ2v) is 4.55. The van der Waals surface area contributed by atoms with Crippen LogP contribution < -0.4 is 5.32 Å². The van der Waals surface area contributed by atoms with Gasteiger partial charge in [0.1, 0.15) is 4.95 Å². The lowest BCUT2D eigenvalue weighted by molar-refractivity contribution is 0.631. The molecule has 1 aliphatic heterocycles. The van der Waals surface area contributed by atoms with E-state index in [-0.39, 0.29) is 4.95 Å². The van der Waals surface area contributed by atoms with Gasteiger partial charge in [0.05, 0.1) is 0 Å². The number of fused-ring (bicyclic) bond motifs is 3. The molecule has 0 saturated carbocycles. The van der Waals surface area contributed by atoms with Crippen molar-refractivity contribution in [2.24, 2.45) is 0 Å². The Bertz CT molecular complexity index is 475. The third-order valence-electron chi connectivity index (χ3n) is 2.80. The van der Waals surface area contributed by atoms with E-state index in [4.69, 9.17) is 0 Å². The van der Waals surface area contributed by atoms with Crippen LogP contribution >= 0.6 is 15.9 Å². The van der Waals surface area contributed by atoms with Crippen LogP contribution in [0.15, 0.2) is 24.3 Å². The summed E-state index contributed by atoms with van der Waals surface area (Å²) in [6.07, 6.45) is 1.11. The summed E-state index contributed by atoms with van der Waals surface area (Å²) >= 11 is 3.62. The average molecular weight is 251 g/mol. The highest BCUT2D eigenvalue weighted by Gasteiger charge is 2.20. The molecular formula is C11H11BrN2. The van der Waals surface area contributed by atoms with Crippen LogP contribution in [0.4, 0.5) is 0 Å². The quantitative estimate of drug-likeness (QED) is 0.546. The lowest BCUT2D eigenvalue weighted by Gasteiger charge is -2.18. The largest absolute Gasteiger partial charge is 0.356 e. The highest BCUT2D eigenvalue weighted by atomic mass is 79.9. The number of benzene rings is 1. The van der Waals surface area contributed by atoms with Gasteiger partial charge in [0, 0.05) is 23.1 Å². The van der Waals surface area contributed by atoms with Crippen molar-refractivity contribution in [1.82, 2.24) is 10.3 Å². The smallest absolute Gasteiger partial charge is 0.104 e. The van der Waals surface area contributed by atoms with E-state index in [9.17, 15) is 0 Å². The van der Waals surface area contributed by atoms with Crippen molar-refractivity contribution in [2.45, 2.75) is 11.4 Å². The molecule has 14 heavy (non-hydrogen) atoms. The molecule has 3 heteroatoms. The Morgan fingerprint density at radius 3 is 3.07 bits per heavy atom. The predicted molar refractivity (Wildman–Crippen MR) is 61.7 cm³/mol. The van der Waals surface area contributed by atoms with Crippen molar-refractivity contribution in [3.05, 3.63) is 35.5 Å². The number of hydrogen-bond donors (Lipinski definition) is 2. The molecule has 0 aliphatic carbocycles. The van der Waals surface area contributed by atoms with Crippen molar-refractivity contribution in [3.8, 4) is 0 Å². The zero-order chi connectivity index (χ0) is 9.54. The molecule has 0 fully saturated rings. The summed E-state index contributed by atoms with van der Waals surface area (Å²) in [7, 11) is 0. The molecule has 2 heterocycles. The van der Waals surface area contributed by atoms with Crippen LogP contribution in [0.5, 0.6) is 0 Å². The molecule has 0 amide bonds. The topological polar surface area (TPSA) is 27.8 Å². The third kappa shape index (κ3) is 1.12. The molecule has 72 valence electrons. The molecule has 1 unspecified atom stereocenters. The Kier molecular flexibility index (Phi) is 1.89. The Balaban J connectivity index is 2.32. The average Bonchev–Trinajstić information content (AvgIpc) is 2.59. The highest BCUT2D eigenvalue weighted by molar-refractivity contribution is 9.09. The molecule has 1 aliphatic rings. The Morgan fingerprint density at radius 1 is 1.29 bits per heavy atom. The van der Waals surface area contributed by atoms with E-state index >= 15 is 0 Å². The molecule has 0 bridgehead atoms. The summed E-state index contributed by atoms with van der Waals surface area (Å²) in [5, 5.41) is 4.75. The minimum absolute atomic E-state index is 0.277. The number of alkyl halides is 1. The van der Waals surface area contributed by atoms with Gasteiger partial charge in [-0.25, -0.2) is 0 Å². The second kappa shape index (κ2) is 3.11. The number of H-pyrrole nitrogens is 1. The van der Waals surface area contributed by atoms with Gasteiger partial charge in [-0.3, -0.25) is 5.32 Å². The molecule has 1 atom stereocenters. The van der Waals surface area contributed by atoms with E-state index in [1.165, 1.54) is 22.2 Å². The van der Waals surface area contributed by atoms with Crippen LogP contribution in [0.2, 0.25) is 0 Å². The maximum absolute atomic E-state index is 3.62. The van der Waals surface area contributed by atoms with Gasteiger partial charge in [0.15, 0.2) is 0 Å². The van der Waals surface area contributed by atoms with Crippen LogP contribution in [-0.2, 0) is 6.42 Å². The monoisotopic (exact) mass is 250 g/mol. The van der Waals surface area contributed by atoms with E-state index < -0.39 is 0 Å². The molecule has 1 aromatic heterocycles. The van der Waals surface area contributed by atoms with Gasteiger partial charge in [0.2, 0.25) is 0 Å². The SMILES string of the molecule is BrC1NCCc2c1[nH]c1ccccc21. The van der Waals surface area contributed by atoms with Crippen LogP contribution in [-0.4, -0.2) is 11.5 Å². The summed E-state index contributed by atoms with van der Waals surface area (Å²) in [5.41, 5.74) is 3.99. The Labute approximate surface area is 90.8 Å². The van der Waals surface area contributed by atoms with Crippen molar-refractivity contribution in [1.29, 1.82) is 0 Å². The van der Waals surface area contributed by atoms with Gasteiger partial charge in [-0.2, -0.15) is 0 Å². The van der Waals surface area contributed by atoms with Crippen LogP contribution in [0.3, 0.4) is 0 Å². The van der Waals surface area contributed by atoms with E-state index in [2.05, 4.69) is 50.5 Å². The molecule has 0 saturated heterocycles. The number of aromatic nitrogens is 1.